The fraction of sp³-hybridized carbons (Fsp3) is 0.435. The molecule has 2 aromatic carbocycles. The number of thiocarbonyl (C=S) groups is 1. The Kier molecular flexibility index (Phi) is 6.18. The number of aryl methyl sites for hydroxylation is 1. The highest BCUT2D eigenvalue weighted by Gasteiger charge is 2.22. The molecule has 0 radical (unpaired) electrons. The van der Waals surface area contributed by atoms with E-state index in [4.69, 9.17) is 0 Å². The molecule has 0 amide bonds. The van der Waals surface area contributed by atoms with Crippen LogP contribution in [0.4, 0.5) is 5.69 Å². The highest BCUT2D eigenvalue weighted by Crippen LogP contribution is 2.38. The molecule has 0 atom stereocenters. The van der Waals surface area contributed by atoms with Gasteiger partial charge in [0.25, 0.3) is 0 Å². The van der Waals surface area contributed by atoms with Crippen molar-refractivity contribution in [1.29, 1.82) is 0 Å². The molecular weight excluding hydrogens is 322 g/mol. The van der Waals surface area contributed by atoms with Gasteiger partial charge >= 0.3 is 0 Å². The first-order valence-corrected chi connectivity index (χ1v) is 9.91. The summed E-state index contributed by atoms with van der Waals surface area (Å²) in [7, 11) is 0. The van der Waals surface area contributed by atoms with E-state index >= 15 is 0 Å². The van der Waals surface area contributed by atoms with Crippen LogP contribution in [-0.4, -0.2) is 5.16 Å². The molecule has 1 nitrogen and oxygen atoms in total. The Labute approximate surface area is 157 Å². The van der Waals surface area contributed by atoms with Gasteiger partial charge in [0.1, 0.15) is 0 Å². The minimum Gasteiger partial charge on any atom is -0.195 e. The first kappa shape index (κ1) is 18.0. The summed E-state index contributed by atoms with van der Waals surface area (Å²) in [5, 5.41) is 2.42. The van der Waals surface area contributed by atoms with Gasteiger partial charge in [-0.05, 0) is 91.0 Å². The molecule has 0 spiro atoms. The Balaban J connectivity index is 1.74. The molecule has 2 heteroatoms. The molecular formula is C23H27NS. The Bertz CT molecular complexity index is 748. The molecule has 1 aliphatic carbocycles. The van der Waals surface area contributed by atoms with Gasteiger partial charge in [-0.3, -0.25) is 0 Å². The molecule has 0 aromatic heterocycles. The number of nitrogens with zero attached hydrogens (tertiary/aromatic N) is 1. The number of aliphatic imine (C=N–C) groups is 1. The van der Waals surface area contributed by atoms with Crippen LogP contribution < -0.4 is 0 Å². The molecule has 0 heterocycles. The van der Waals surface area contributed by atoms with Crippen LogP contribution in [0.25, 0.3) is 11.1 Å². The van der Waals surface area contributed by atoms with E-state index in [0.29, 0.717) is 0 Å². The van der Waals surface area contributed by atoms with Crippen LogP contribution in [0.2, 0.25) is 0 Å². The second-order valence-corrected chi connectivity index (χ2v) is 7.51. The minimum absolute atomic E-state index is 0.750. The largest absolute Gasteiger partial charge is 0.195 e. The van der Waals surface area contributed by atoms with E-state index in [1.807, 2.05) is 12.1 Å². The standard InChI is InChI=1S/C23H27NS/c1-3-4-18-5-7-19(8-6-18)21-11-14-23(17(2)15-21)20-9-12-22(13-10-20)24-16-25/h9-15,18-19H,3-8H2,1-2H3. The summed E-state index contributed by atoms with van der Waals surface area (Å²) in [5.74, 6) is 1.72. The lowest BCUT2D eigenvalue weighted by molar-refractivity contribution is 0.308. The summed E-state index contributed by atoms with van der Waals surface area (Å²) >= 11 is 4.66. The number of isothiocyanates is 1. The molecule has 130 valence electrons. The predicted octanol–water partition coefficient (Wildman–Crippen LogP) is 7.47. The quantitative estimate of drug-likeness (QED) is 0.403. The molecule has 1 saturated carbocycles. The highest BCUT2D eigenvalue weighted by molar-refractivity contribution is 7.78. The topological polar surface area (TPSA) is 12.4 Å². The van der Waals surface area contributed by atoms with Gasteiger partial charge in [-0.1, -0.05) is 50.1 Å². The zero-order valence-corrected chi connectivity index (χ0v) is 16.1. The Morgan fingerprint density at radius 2 is 1.76 bits per heavy atom. The Hall–Kier alpha value is -1.76. The predicted molar refractivity (Wildman–Crippen MR) is 111 cm³/mol. The van der Waals surface area contributed by atoms with Crippen LogP contribution in [0.5, 0.6) is 0 Å². The SMILES string of the molecule is CCCC1CCC(c2ccc(-c3ccc(N=C=S)cc3)c(C)c2)CC1. The van der Waals surface area contributed by atoms with Crippen molar-refractivity contribution in [2.45, 2.75) is 58.3 Å². The third-order valence-electron chi connectivity index (χ3n) is 5.62. The second-order valence-electron chi connectivity index (χ2n) is 7.33. The number of hydrogen-bond donors (Lipinski definition) is 0. The van der Waals surface area contributed by atoms with Crippen molar-refractivity contribution in [2.75, 3.05) is 0 Å². The van der Waals surface area contributed by atoms with Crippen LogP contribution in [-0.2, 0) is 0 Å². The second kappa shape index (κ2) is 8.56. The van der Waals surface area contributed by atoms with E-state index in [-0.39, 0.29) is 0 Å². The van der Waals surface area contributed by atoms with E-state index in [9.17, 15) is 0 Å². The summed E-state index contributed by atoms with van der Waals surface area (Å²) < 4.78 is 0. The van der Waals surface area contributed by atoms with Crippen molar-refractivity contribution in [2.24, 2.45) is 10.9 Å². The van der Waals surface area contributed by atoms with Crippen molar-refractivity contribution in [3.8, 4) is 11.1 Å². The van der Waals surface area contributed by atoms with Gasteiger partial charge in [-0.15, -0.1) is 0 Å². The molecule has 1 aliphatic rings. The normalized spacial score (nSPS) is 20.1. The molecule has 0 saturated heterocycles. The zero-order valence-electron chi connectivity index (χ0n) is 15.3. The summed E-state index contributed by atoms with van der Waals surface area (Å²) in [6, 6.07) is 15.3. The highest BCUT2D eigenvalue weighted by atomic mass is 32.1. The van der Waals surface area contributed by atoms with Gasteiger partial charge in [0.2, 0.25) is 0 Å². The molecule has 0 unspecified atom stereocenters. The molecule has 0 aliphatic heterocycles. The third kappa shape index (κ3) is 4.45. The molecule has 0 N–H and O–H groups in total. The maximum absolute atomic E-state index is 4.66. The summed E-state index contributed by atoms with van der Waals surface area (Å²) in [5.41, 5.74) is 6.29. The van der Waals surface area contributed by atoms with Crippen molar-refractivity contribution < 1.29 is 0 Å². The van der Waals surface area contributed by atoms with Gasteiger partial charge in [0, 0.05) is 0 Å². The minimum atomic E-state index is 0.750. The van der Waals surface area contributed by atoms with Gasteiger partial charge in [-0.25, -0.2) is 0 Å². The van der Waals surface area contributed by atoms with Crippen molar-refractivity contribution in [3.63, 3.8) is 0 Å². The van der Waals surface area contributed by atoms with Gasteiger partial charge < -0.3 is 0 Å². The third-order valence-corrected chi connectivity index (χ3v) is 5.71. The lowest BCUT2D eigenvalue weighted by Gasteiger charge is -2.29. The van der Waals surface area contributed by atoms with Crippen LogP contribution >= 0.6 is 12.2 Å². The number of benzene rings is 2. The zero-order chi connectivity index (χ0) is 17.6. The van der Waals surface area contributed by atoms with E-state index in [1.54, 1.807) is 0 Å². The van der Waals surface area contributed by atoms with Gasteiger partial charge in [0.15, 0.2) is 0 Å². The fourth-order valence-corrected chi connectivity index (χ4v) is 4.33. The Morgan fingerprint density at radius 1 is 1.04 bits per heavy atom. The Morgan fingerprint density at radius 3 is 2.36 bits per heavy atom. The lowest BCUT2D eigenvalue weighted by atomic mass is 9.77. The van der Waals surface area contributed by atoms with Crippen molar-refractivity contribution >= 4 is 23.1 Å². The van der Waals surface area contributed by atoms with Gasteiger partial charge in [-0.2, -0.15) is 4.99 Å². The molecule has 1 fully saturated rings. The van der Waals surface area contributed by atoms with Crippen molar-refractivity contribution in [3.05, 3.63) is 53.6 Å². The average Bonchev–Trinajstić information content (AvgIpc) is 2.64. The first-order valence-electron chi connectivity index (χ1n) is 9.50. The molecule has 2 aromatic rings. The maximum Gasteiger partial charge on any atom is 0.0739 e. The number of rotatable bonds is 5. The average molecular weight is 350 g/mol. The summed E-state index contributed by atoms with van der Waals surface area (Å²) in [6.07, 6.45) is 8.26. The monoisotopic (exact) mass is 349 g/mol. The smallest absolute Gasteiger partial charge is 0.0739 e. The fourth-order valence-electron chi connectivity index (χ4n) is 4.23. The van der Waals surface area contributed by atoms with Crippen LogP contribution in [0.1, 0.15) is 62.5 Å². The first-order chi connectivity index (χ1) is 12.2. The lowest BCUT2D eigenvalue weighted by Crippen LogP contribution is -2.13. The van der Waals surface area contributed by atoms with Gasteiger partial charge in [0.05, 0.1) is 10.8 Å². The van der Waals surface area contributed by atoms with E-state index in [1.165, 1.54) is 60.8 Å². The molecule has 0 bridgehead atoms. The van der Waals surface area contributed by atoms with Crippen LogP contribution in [0.15, 0.2) is 47.5 Å². The van der Waals surface area contributed by atoms with E-state index in [2.05, 4.69) is 66.6 Å². The number of hydrogen-bond acceptors (Lipinski definition) is 2. The maximum atomic E-state index is 4.66. The van der Waals surface area contributed by atoms with E-state index in [0.717, 1.165) is 17.5 Å². The van der Waals surface area contributed by atoms with Crippen molar-refractivity contribution in [1.82, 2.24) is 0 Å². The summed E-state index contributed by atoms with van der Waals surface area (Å²) in [4.78, 5) is 4.02. The molecule has 3 rings (SSSR count). The molecule has 25 heavy (non-hydrogen) atoms. The summed E-state index contributed by atoms with van der Waals surface area (Å²) in [6.45, 7) is 4.53. The van der Waals surface area contributed by atoms with E-state index < -0.39 is 0 Å². The van der Waals surface area contributed by atoms with Crippen LogP contribution in [0, 0.1) is 12.8 Å². The van der Waals surface area contributed by atoms with Crippen LogP contribution in [0.3, 0.4) is 0 Å².